The number of nitrogens with zero attached hydrogens (tertiary/aromatic N) is 3. The molecule has 0 aliphatic carbocycles. The average Bonchev–Trinajstić information content (AvgIpc) is 3.73. The van der Waals surface area contributed by atoms with Crippen LogP contribution in [0.3, 0.4) is 0 Å². The molecule has 3 heterocycles. The Hall–Kier alpha value is -4.23. The number of aromatic nitrogens is 4. The summed E-state index contributed by atoms with van der Waals surface area (Å²) in [6.45, 7) is 0.870. The predicted octanol–water partition coefficient (Wildman–Crippen LogP) is 4.69. The third-order valence-corrected chi connectivity index (χ3v) is 7.35. The van der Waals surface area contributed by atoms with Crippen LogP contribution in [-0.2, 0) is 24.1 Å². The van der Waals surface area contributed by atoms with Crippen LogP contribution in [0.15, 0.2) is 91.1 Å². The summed E-state index contributed by atoms with van der Waals surface area (Å²) in [5.74, 6) is 1.64. The fourth-order valence-electron chi connectivity index (χ4n) is 5.39. The number of hydrogen-bond acceptors (Lipinski definition) is 4. The molecule has 1 aliphatic rings. The van der Waals surface area contributed by atoms with Crippen molar-refractivity contribution >= 4 is 16.8 Å². The van der Waals surface area contributed by atoms with Crippen molar-refractivity contribution in [3.63, 3.8) is 0 Å². The molecule has 7 nitrogen and oxygen atoms in total. The molecule has 5 aromatic rings. The molecule has 0 radical (unpaired) electrons. The summed E-state index contributed by atoms with van der Waals surface area (Å²) in [5, 5.41) is 17.2. The second-order valence-corrected chi connectivity index (χ2v) is 9.90. The minimum Gasteiger partial charge on any atom is -0.361 e. The molecule has 38 heavy (non-hydrogen) atoms. The van der Waals surface area contributed by atoms with Crippen LogP contribution in [-0.4, -0.2) is 38.2 Å². The van der Waals surface area contributed by atoms with Crippen molar-refractivity contribution in [3.05, 3.63) is 114 Å². The van der Waals surface area contributed by atoms with Crippen LogP contribution < -0.4 is 10.6 Å². The van der Waals surface area contributed by atoms with Crippen molar-refractivity contribution in [2.75, 3.05) is 6.54 Å². The van der Waals surface area contributed by atoms with Gasteiger partial charge in [-0.3, -0.25) is 9.36 Å². The van der Waals surface area contributed by atoms with E-state index in [1.54, 1.807) is 0 Å². The first kappa shape index (κ1) is 24.1. The number of amides is 1. The van der Waals surface area contributed by atoms with Gasteiger partial charge in [0.2, 0.25) is 5.91 Å². The zero-order valence-corrected chi connectivity index (χ0v) is 21.3. The fraction of sp³-hybridized carbons (Fsp3) is 0.258. The molecule has 0 unspecified atom stereocenters. The van der Waals surface area contributed by atoms with E-state index in [0.717, 1.165) is 66.0 Å². The Bertz CT molecular complexity index is 1500. The number of para-hydroxylation sites is 2. The maximum Gasteiger partial charge on any atom is 0.237 e. The SMILES string of the molecule is O=C(N[C@H](Cc1c[nH]c2ccccc12)c1nnc(CCc2ccccc2)n1-c1ccccc1)[C@@H]1CCCN1. The maximum atomic E-state index is 13.3. The van der Waals surface area contributed by atoms with E-state index >= 15 is 0 Å². The molecule has 1 amide bonds. The van der Waals surface area contributed by atoms with E-state index in [-0.39, 0.29) is 18.0 Å². The van der Waals surface area contributed by atoms with Crippen molar-refractivity contribution in [2.45, 2.75) is 44.2 Å². The van der Waals surface area contributed by atoms with Crippen molar-refractivity contribution in [1.29, 1.82) is 0 Å². The van der Waals surface area contributed by atoms with Crippen LogP contribution in [0.25, 0.3) is 16.6 Å². The van der Waals surface area contributed by atoms with Crippen LogP contribution in [0.1, 0.15) is 41.7 Å². The van der Waals surface area contributed by atoms with Gasteiger partial charge in [-0.15, -0.1) is 10.2 Å². The highest BCUT2D eigenvalue weighted by Crippen LogP contribution is 2.27. The van der Waals surface area contributed by atoms with Crippen LogP contribution >= 0.6 is 0 Å². The predicted molar refractivity (Wildman–Crippen MR) is 149 cm³/mol. The number of rotatable bonds is 9. The highest BCUT2D eigenvalue weighted by Gasteiger charge is 2.29. The maximum absolute atomic E-state index is 13.3. The van der Waals surface area contributed by atoms with Gasteiger partial charge in [-0.1, -0.05) is 66.7 Å². The molecule has 7 heteroatoms. The van der Waals surface area contributed by atoms with Gasteiger partial charge in [0.1, 0.15) is 5.82 Å². The standard InChI is InChI=1S/C31H32N6O/c38-31(27-16-9-19-32-27)34-28(20-23-21-33-26-15-8-7-14-25(23)26)30-36-35-29(18-17-22-10-3-1-4-11-22)37(30)24-12-5-2-6-13-24/h1-8,10-15,21,27-28,32-33H,9,16-20H2,(H,34,38)/t27-,28+/m0/s1. The lowest BCUT2D eigenvalue weighted by atomic mass is 10.0. The summed E-state index contributed by atoms with van der Waals surface area (Å²) < 4.78 is 2.13. The van der Waals surface area contributed by atoms with E-state index < -0.39 is 0 Å². The van der Waals surface area contributed by atoms with Gasteiger partial charge in [0.15, 0.2) is 5.82 Å². The van der Waals surface area contributed by atoms with Crippen LogP contribution in [0, 0.1) is 0 Å². The summed E-state index contributed by atoms with van der Waals surface area (Å²) in [5.41, 5.74) is 4.47. The molecule has 3 aromatic carbocycles. The van der Waals surface area contributed by atoms with E-state index in [0.29, 0.717) is 6.42 Å². The molecule has 1 aliphatic heterocycles. The number of aryl methyl sites for hydroxylation is 2. The molecule has 6 rings (SSSR count). The fourth-order valence-corrected chi connectivity index (χ4v) is 5.39. The van der Waals surface area contributed by atoms with Gasteiger partial charge in [-0.25, -0.2) is 0 Å². The largest absolute Gasteiger partial charge is 0.361 e. The summed E-state index contributed by atoms with van der Waals surface area (Å²) >= 11 is 0. The van der Waals surface area contributed by atoms with Crippen LogP contribution in [0.2, 0.25) is 0 Å². The molecule has 2 aromatic heterocycles. The van der Waals surface area contributed by atoms with Gasteiger partial charge in [0, 0.05) is 35.6 Å². The Morgan fingerprint density at radius 3 is 2.50 bits per heavy atom. The van der Waals surface area contributed by atoms with E-state index in [1.807, 2.05) is 42.6 Å². The van der Waals surface area contributed by atoms with Crippen molar-refractivity contribution < 1.29 is 4.79 Å². The Kier molecular flexibility index (Phi) is 7.00. The zero-order chi connectivity index (χ0) is 25.7. The first-order valence-corrected chi connectivity index (χ1v) is 13.4. The highest BCUT2D eigenvalue weighted by molar-refractivity contribution is 5.84. The Morgan fingerprint density at radius 2 is 1.71 bits per heavy atom. The van der Waals surface area contributed by atoms with Crippen LogP contribution in [0.5, 0.6) is 0 Å². The molecule has 0 bridgehead atoms. The van der Waals surface area contributed by atoms with E-state index in [9.17, 15) is 4.79 Å². The lowest BCUT2D eigenvalue weighted by molar-refractivity contribution is -0.123. The Morgan fingerprint density at radius 1 is 0.947 bits per heavy atom. The zero-order valence-electron chi connectivity index (χ0n) is 21.3. The summed E-state index contributed by atoms with van der Waals surface area (Å²) in [7, 11) is 0. The minimum atomic E-state index is -0.345. The molecular weight excluding hydrogens is 472 g/mol. The number of H-pyrrole nitrogens is 1. The molecule has 2 atom stereocenters. The van der Waals surface area contributed by atoms with E-state index in [2.05, 4.69) is 73.8 Å². The van der Waals surface area contributed by atoms with Crippen molar-refractivity contribution in [3.8, 4) is 5.69 Å². The van der Waals surface area contributed by atoms with Crippen molar-refractivity contribution in [1.82, 2.24) is 30.4 Å². The number of fused-ring (bicyclic) bond motifs is 1. The smallest absolute Gasteiger partial charge is 0.237 e. The number of carbonyl (C=O) groups excluding carboxylic acids is 1. The number of hydrogen-bond donors (Lipinski definition) is 3. The van der Waals surface area contributed by atoms with E-state index in [1.165, 1.54) is 5.56 Å². The first-order chi connectivity index (χ1) is 18.8. The van der Waals surface area contributed by atoms with Gasteiger partial charge in [0.05, 0.1) is 12.1 Å². The molecule has 0 saturated carbocycles. The second-order valence-electron chi connectivity index (χ2n) is 9.90. The highest BCUT2D eigenvalue weighted by atomic mass is 16.2. The van der Waals surface area contributed by atoms with Crippen LogP contribution in [0.4, 0.5) is 0 Å². The summed E-state index contributed by atoms with van der Waals surface area (Å²) in [6, 6.07) is 28.4. The Balaban J connectivity index is 1.38. The number of nitrogens with one attached hydrogen (secondary N) is 3. The number of carbonyl (C=O) groups is 1. The normalized spacial score (nSPS) is 16.1. The lowest BCUT2D eigenvalue weighted by Gasteiger charge is -2.22. The number of benzene rings is 3. The van der Waals surface area contributed by atoms with E-state index in [4.69, 9.17) is 5.10 Å². The molecule has 1 saturated heterocycles. The monoisotopic (exact) mass is 504 g/mol. The molecule has 1 fully saturated rings. The van der Waals surface area contributed by atoms with Gasteiger partial charge in [0.25, 0.3) is 0 Å². The Labute approximate surface area is 222 Å². The summed E-state index contributed by atoms with van der Waals surface area (Å²) in [6.07, 6.45) is 6.10. The number of aromatic amines is 1. The van der Waals surface area contributed by atoms with Gasteiger partial charge < -0.3 is 15.6 Å². The topological polar surface area (TPSA) is 87.6 Å². The third-order valence-electron chi connectivity index (χ3n) is 7.35. The lowest BCUT2D eigenvalue weighted by Crippen LogP contribution is -2.43. The molecule has 192 valence electrons. The van der Waals surface area contributed by atoms with Gasteiger partial charge >= 0.3 is 0 Å². The first-order valence-electron chi connectivity index (χ1n) is 13.4. The summed E-state index contributed by atoms with van der Waals surface area (Å²) in [4.78, 5) is 16.7. The molecular formula is C31H32N6O. The molecule has 3 N–H and O–H groups in total. The van der Waals surface area contributed by atoms with Crippen molar-refractivity contribution in [2.24, 2.45) is 0 Å². The van der Waals surface area contributed by atoms with Gasteiger partial charge in [-0.05, 0) is 55.1 Å². The molecule has 0 spiro atoms. The second kappa shape index (κ2) is 11.0. The van der Waals surface area contributed by atoms with Gasteiger partial charge in [-0.2, -0.15) is 0 Å². The third kappa shape index (κ3) is 5.10. The quantitative estimate of drug-likeness (QED) is 0.272. The minimum absolute atomic E-state index is 0.0146. The average molecular weight is 505 g/mol.